The van der Waals surface area contributed by atoms with E-state index in [1.807, 2.05) is 23.1 Å². The van der Waals surface area contributed by atoms with E-state index in [0.29, 0.717) is 13.2 Å². The topological polar surface area (TPSA) is 44.8 Å². The van der Waals surface area contributed by atoms with Crippen molar-refractivity contribution in [2.75, 3.05) is 37.6 Å². The minimum atomic E-state index is -0.0929. The zero-order chi connectivity index (χ0) is 20.4. The van der Waals surface area contributed by atoms with Gasteiger partial charge in [-0.1, -0.05) is 50.1 Å². The van der Waals surface area contributed by atoms with Crippen molar-refractivity contribution in [2.24, 2.45) is 0 Å². The predicted octanol–water partition coefficient (Wildman–Crippen LogP) is 4.11. The summed E-state index contributed by atoms with van der Waals surface area (Å²) < 4.78 is 8.52. The Hall–Kier alpha value is -1.25. The molecule has 4 rings (SSSR count). The summed E-state index contributed by atoms with van der Waals surface area (Å²) in [7, 11) is 0. The van der Waals surface area contributed by atoms with Gasteiger partial charge in [0.1, 0.15) is 0 Å². The number of carbonyl (C=O) groups is 1. The first-order valence-corrected chi connectivity index (χ1v) is 11.5. The maximum Gasteiger partial charge on any atom is 0.223 e. The van der Waals surface area contributed by atoms with Crippen molar-refractivity contribution in [3.63, 3.8) is 0 Å². The number of ether oxygens (including phenoxy) is 1. The summed E-state index contributed by atoms with van der Waals surface area (Å²) in [6.07, 6.45) is -0.0929. The summed E-state index contributed by atoms with van der Waals surface area (Å²) in [6, 6.07) is 14.6. The number of benzene rings is 2. The van der Waals surface area contributed by atoms with Gasteiger partial charge in [0.15, 0.2) is 0 Å². The Morgan fingerprint density at radius 1 is 1.14 bits per heavy atom. The quantitative estimate of drug-likeness (QED) is 0.656. The number of para-hydroxylation sites is 1. The molecule has 0 saturated carbocycles. The molecule has 0 bridgehead atoms. The number of halogens is 2. The van der Waals surface area contributed by atoms with Gasteiger partial charge < -0.3 is 15.0 Å². The second-order valence-electron chi connectivity index (χ2n) is 7.55. The summed E-state index contributed by atoms with van der Waals surface area (Å²) in [4.78, 5) is 16.7. The fourth-order valence-electron chi connectivity index (χ4n) is 4.29. The molecule has 2 aromatic carbocycles. The predicted molar refractivity (Wildman–Crippen MR) is 122 cm³/mol. The highest BCUT2D eigenvalue weighted by molar-refractivity contribution is 9.11. The number of nitrogens with zero attached hydrogens (tertiary/aromatic N) is 2. The van der Waals surface area contributed by atoms with Gasteiger partial charge >= 0.3 is 0 Å². The first-order chi connectivity index (χ1) is 14.0. The second kappa shape index (κ2) is 9.27. The Kier molecular flexibility index (Phi) is 6.71. The molecule has 0 radical (unpaired) electrons. The van der Waals surface area contributed by atoms with Gasteiger partial charge in [-0.2, -0.15) is 0 Å². The highest BCUT2D eigenvalue weighted by Crippen LogP contribution is 2.39. The van der Waals surface area contributed by atoms with Gasteiger partial charge in [0.2, 0.25) is 5.91 Å². The van der Waals surface area contributed by atoms with Crippen molar-refractivity contribution >= 4 is 43.5 Å². The van der Waals surface area contributed by atoms with Crippen LogP contribution in [0.3, 0.4) is 0 Å². The maximum atomic E-state index is 12.4. The zero-order valence-corrected chi connectivity index (χ0v) is 19.6. The number of nitrogens with one attached hydrogen (secondary N) is 1. The van der Waals surface area contributed by atoms with Crippen LogP contribution in [0.5, 0.6) is 0 Å². The molecule has 2 atom stereocenters. The van der Waals surface area contributed by atoms with Gasteiger partial charge in [-0.05, 0) is 35.4 Å². The van der Waals surface area contributed by atoms with E-state index in [4.69, 9.17) is 4.74 Å². The van der Waals surface area contributed by atoms with E-state index < -0.39 is 0 Å². The van der Waals surface area contributed by atoms with Crippen molar-refractivity contribution in [3.8, 4) is 0 Å². The Labute approximate surface area is 188 Å². The average Bonchev–Trinajstić information content (AvgIpc) is 2.71. The number of carbonyl (C=O) groups excluding carboxylic acids is 1. The third kappa shape index (κ3) is 4.75. The summed E-state index contributed by atoms with van der Waals surface area (Å²) >= 11 is 7.10. The van der Waals surface area contributed by atoms with Crippen LogP contribution in [0.15, 0.2) is 51.4 Å². The Morgan fingerprint density at radius 3 is 2.52 bits per heavy atom. The molecule has 0 spiro atoms. The van der Waals surface area contributed by atoms with E-state index in [-0.39, 0.29) is 18.1 Å². The molecule has 2 aromatic rings. The van der Waals surface area contributed by atoms with Crippen molar-refractivity contribution in [2.45, 2.75) is 25.7 Å². The lowest BCUT2D eigenvalue weighted by molar-refractivity contribution is -0.117. The van der Waals surface area contributed by atoms with Gasteiger partial charge in [0, 0.05) is 47.7 Å². The molecular formula is C22H25Br2N3O2. The van der Waals surface area contributed by atoms with Gasteiger partial charge in [0.05, 0.1) is 25.3 Å². The lowest BCUT2D eigenvalue weighted by Crippen LogP contribution is -2.54. The molecule has 0 unspecified atom stereocenters. The van der Waals surface area contributed by atoms with Gasteiger partial charge in [0.25, 0.3) is 0 Å². The van der Waals surface area contributed by atoms with E-state index in [1.54, 1.807) is 6.92 Å². The summed E-state index contributed by atoms with van der Waals surface area (Å²) in [5, 5.41) is 3.43. The van der Waals surface area contributed by atoms with Crippen LogP contribution < -0.4 is 10.2 Å². The number of rotatable bonds is 4. The lowest BCUT2D eigenvalue weighted by atomic mass is 9.92. The van der Waals surface area contributed by atoms with Crippen molar-refractivity contribution < 1.29 is 9.53 Å². The normalized spacial score (nSPS) is 22.4. The molecule has 2 aliphatic heterocycles. The molecule has 5 nitrogen and oxygen atoms in total. The summed E-state index contributed by atoms with van der Waals surface area (Å²) in [5.41, 5.74) is 3.28. The average molecular weight is 523 g/mol. The van der Waals surface area contributed by atoms with E-state index in [1.165, 1.54) is 5.56 Å². The number of fused-ring (bicyclic) bond motifs is 1. The molecule has 2 heterocycles. The molecule has 29 heavy (non-hydrogen) atoms. The monoisotopic (exact) mass is 521 g/mol. The van der Waals surface area contributed by atoms with Crippen LogP contribution in [0.1, 0.15) is 24.1 Å². The van der Waals surface area contributed by atoms with E-state index in [2.05, 4.69) is 66.3 Å². The number of amides is 1. The van der Waals surface area contributed by atoms with Crippen LogP contribution in [0.2, 0.25) is 0 Å². The highest BCUT2D eigenvalue weighted by Gasteiger charge is 2.39. The molecule has 2 aliphatic rings. The molecule has 7 heteroatoms. The third-order valence-electron chi connectivity index (χ3n) is 5.57. The Balaban J connectivity index is 1.64. The van der Waals surface area contributed by atoms with E-state index in [0.717, 1.165) is 46.4 Å². The SMILES string of the molecule is CC(=O)N1C[C@@H](OCc2cc(Br)cc(Br)c2)[C@@H](N2CCNCC2)c2ccccc21. The van der Waals surface area contributed by atoms with Crippen LogP contribution in [-0.2, 0) is 16.1 Å². The highest BCUT2D eigenvalue weighted by atomic mass is 79.9. The van der Waals surface area contributed by atoms with Crippen molar-refractivity contribution in [1.82, 2.24) is 10.2 Å². The fourth-order valence-corrected chi connectivity index (χ4v) is 5.68. The number of piperazine rings is 1. The standard InChI is InChI=1S/C22H25Br2N3O2/c1-15(28)27-13-21(29-14-16-10-17(23)12-18(24)11-16)22(26-8-6-25-7-9-26)19-4-2-3-5-20(19)27/h2-5,10-12,21-22,25H,6-9,13-14H2,1H3/t21-,22+/m1/s1. The molecule has 0 aliphatic carbocycles. The second-order valence-corrected chi connectivity index (χ2v) is 9.38. The molecule has 154 valence electrons. The summed E-state index contributed by atoms with van der Waals surface area (Å²) in [5.74, 6) is 0.0509. The maximum absolute atomic E-state index is 12.4. The van der Waals surface area contributed by atoms with Gasteiger partial charge in [-0.3, -0.25) is 9.69 Å². The van der Waals surface area contributed by atoms with Crippen LogP contribution in [0, 0.1) is 0 Å². The fraction of sp³-hybridized carbons (Fsp3) is 0.409. The first kappa shape index (κ1) is 21.0. The minimum absolute atomic E-state index is 0.0509. The Bertz CT molecular complexity index is 866. The zero-order valence-electron chi connectivity index (χ0n) is 16.4. The minimum Gasteiger partial charge on any atom is -0.370 e. The van der Waals surface area contributed by atoms with E-state index in [9.17, 15) is 4.79 Å². The molecule has 0 aromatic heterocycles. The van der Waals surface area contributed by atoms with Gasteiger partial charge in [-0.15, -0.1) is 0 Å². The van der Waals surface area contributed by atoms with Crippen LogP contribution in [0.25, 0.3) is 0 Å². The lowest BCUT2D eigenvalue weighted by Gasteiger charge is -2.45. The Morgan fingerprint density at radius 2 is 1.83 bits per heavy atom. The first-order valence-electron chi connectivity index (χ1n) is 9.91. The van der Waals surface area contributed by atoms with E-state index >= 15 is 0 Å². The molecule has 1 saturated heterocycles. The van der Waals surface area contributed by atoms with Crippen molar-refractivity contribution in [1.29, 1.82) is 0 Å². The number of anilines is 1. The molecular weight excluding hydrogens is 498 g/mol. The molecule has 1 fully saturated rings. The number of hydrogen-bond donors (Lipinski definition) is 1. The van der Waals surface area contributed by atoms with Crippen LogP contribution >= 0.6 is 31.9 Å². The smallest absolute Gasteiger partial charge is 0.223 e. The molecule has 1 N–H and O–H groups in total. The summed E-state index contributed by atoms with van der Waals surface area (Å²) in [6.45, 7) is 6.59. The van der Waals surface area contributed by atoms with Crippen molar-refractivity contribution in [3.05, 3.63) is 62.5 Å². The number of hydrogen-bond acceptors (Lipinski definition) is 4. The van der Waals surface area contributed by atoms with Gasteiger partial charge in [-0.25, -0.2) is 0 Å². The molecule has 1 amide bonds. The third-order valence-corrected chi connectivity index (χ3v) is 6.49. The largest absolute Gasteiger partial charge is 0.370 e. The van der Waals surface area contributed by atoms with Crippen LogP contribution in [0.4, 0.5) is 5.69 Å². The van der Waals surface area contributed by atoms with Crippen LogP contribution in [-0.4, -0.2) is 49.6 Å².